The third kappa shape index (κ3) is 7.69. The SMILES string of the molecule is [C-]#[N+][C@@H]1C[C@@]2(CN1C(=O)[C@H](CC(C)C)N(C)C(=O)C[C@H](Cc1cc(F)c(F)cc1F)NC(=O)OC(C)(C)C)C(=O)Nc1ccccc12. The van der Waals surface area contributed by atoms with E-state index >= 15 is 0 Å². The zero-order valence-electron chi connectivity index (χ0n) is 27.3. The zero-order chi connectivity index (χ0) is 34.8. The molecule has 13 heteroatoms. The first-order valence-corrected chi connectivity index (χ1v) is 15.4. The number of nitrogens with zero attached hydrogens (tertiary/aromatic N) is 3. The summed E-state index contributed by atoms with van der Waals surface area (Å²) in [6.07, 6.45) is -2.36. The highest BCUT2D eigenvalue weighted by atomic mass is 19.2. The zero-order valence-corrected chi connectivity index (χ0v) is 27.3. The topological polar surface area (TPSA) is 112 Å². The summed E-state index contributed by atoms with van der Waals surface area (Å²) in [6.45, 7) is 16.4. The van der Waals surface area contributed by atoms with E-state index in [4.69, 9.17) is 11.3 Å². The van der Waals surface area contributed by atoms with Crippen LogP contribution in [0.15, 0.2) is 36.4 Å². The van der Waals surface area contributed by atoms with Gasteiger partial charge in [-0.2, -0.15) is 0 Å². The molecule has 2 aliphatic rings. The minimum absolute atomic E-state index is 0.0451. The van der Waals surface area contributed by atoms with E-state index in [1.165, 1.54) is 16.8 Å². The lowest BCUT2D eigenvalue weighted by atomic mass is 9.80. The molecule has 10 nitrogen and oxygen atoms in total. The van der Waals surface area contributed by atoms with Gasteiger partial charge in [0.2, 0.25) is 11.8 Å². The second-order valence-electron chi connectivity index (χ2n) is 13.6. The van der Waals surface area contributed by atoms with Crippen LogP contribution in [0, 0.1) is 29.9 Å². The van der Waals surface area contributed by atoms with Crippen molar-refractivity contribution in [3.05, 3.63) is 76.4 Å². The highest BCUT2D eigenvalue weighted by Gasteiger charge is 2.59. The summed E-state index contributed by atoms with van der Waals surface area (Å²) < 4.78 is 47.5. The number of likely N-dealkylation sites (tertiary alicyclic amines) is 1. The highest BCUT2D eigenvalue weighted by Crippen LogP contribution is 2.47. The summed E-state index contributed by atoms with van der Waals surface area (Å²) in [5.41, 5.74) is -0.946. The van der Waals surface area contributed by atoms with E-state index in [1.54, 1.807) is 45.0 Å². The van der Waals surface area contributed by atoms with Gasteiger partial charge in [-0.05, 0) is 62.8 Å². The molecule has 4 amide bonds. The van der Waals surface area contributed by atoms with Crippen molar-refractivity contribution < 1.29 is 37.1 Å². The van der Waals surface area contributed by atoms with Crippen LogP contribution >= 0.6 is 0 Å². The van der Waals surface area contributed by atoms with E-state index in [9.17, 15) is 32.3 Å². The fourth-order valence-corrected chi connectivity index (χ4v) is 6.18. The number of carbonyl (C=O) groups excluding carboxylic acids is 4. The summed E-state index contributed by atoms with van der Waals surface area (Å²) in [4.78, 5) is 60.2. The Morgan fingerprint density at radius 3 is 2.45 bits per heavy atom. The van der Waals surface area contributed by atoms with Crippen molar-refractivity contribution in [3.63, 3.8) is 0 Å². The normalized spacial score (nSPS) is 20.0. The second-order valence-corrected chi connectivity index (χ2v) is 13.6. The average molecular weight is 656 g/mol. The van der Waals surface area contributed by atoms with Crippen molar-refractivity contribution in [1.29, 1.82) is 0 Å². The summed E-state index contributed by atoms with van der Waals surface area (Å²) in [5, 5.41) is 5.38. The van der Waals surface area contributed by atoms with E-state index in [0.29, 0.717) is 23.4 Å². The van der Waals surface area contributed by atoms with Crippen molar-refractivity contribution in [1.82, 2.24) is 15.1 Å². The standard InChI is InChI=1S/C34H40F3N5O5/c1-19(2)12-27(30(44)42-18-34(17-28(42)38-6)22-10-8-9-11-26(22)40-31(34)45)41(7)29(43)15-21(39-32(46)47-33(3,4)5)13-20-14-24(36)25(37)16-23(20)35/h8-11,14,16,19,21,27-28H,12-13,15,17-18H2,1-5,7H3,(H,39,46)(H,40,45)/t21-,27-,28-,34-/m0/s1. The molecule has 0 radical (unpaired) electrons. The van der Waals surface area contributed by atoms with Gasteiger partial charge < -0.3 is 20.3 Å². The third-order valence-electron chi connectivity index (χ3n) is 8.43. The molecule has 0 saturated carbocycles. The first-order valence-electron chi connectivity index (χ1n) is 15.4. The number of ether oxygens (including phenoxy) is 1. The fraction of sp³-hybridized carbons (Fsp3) is 0.500. The van der Waals surface area contributed by atoms with E-state index in [-0.39, 0.29) is 43.2 Å². The first-order chi connectivity index (χ1) is 22.0. The van der Waals surface area contributed by atoms with Crippen LogP contribution in [0.1, 0.15) is 65.0 Å². The van der Waals surface area contributed by atoms with Crippen LogP contribution in [-0.2, 0) is 31.0 Å². The van der Waals surface area contributed by atoms with Crippen molar-refractivity contribution in [2.45, 2.75) is 89.6 Å². The van der Waals surface area contributed by atoms with Gasteiger partial charge in [-0.15, -0.1) is 0 Å². The number of carbonyl (C=O) groups is 4. The monoisotopic (exact) mass is 655 g/mol. The molecule has 0 aromatic heterocycles. The van der Waals surface area contributed by atoms with Gasteiger partial charge in [0.25, 0.3) is 5.91 Å². The lowest BCUT2D eigenvalue weighted by Crippen LogP contribution is -2.53. The predicted molar refractivity (Wildman–Crippen MR) is 167 cm³/mol. The van der Waals surface area contributed by atoms with Crippen LogP contribution < -0.4 is 10.6 Å². The number of amides is 4. The summed E-state index contributed by atoms with van der Waals surface area (Å²) in [5.74, 6) is -5.21. The van der Waals surface area contributed by atoms with E-state index in [0.717, 1.165) is 0 Å². The number of hydrogen-bond donors (Lipinski definition) is 2. The Labute approximate surface area is 272 Å². The Bertz CT molecular complexity index is 1600. The highest BCUT2D eigenvalue weighted by molar-refractivity contribution is 6.07. The Kier molecular flexibility index (Phi) is 10.2. The van der Waals surface area contributed by atoms with Gasteiger partial charge in [-0.1, -0.05) is 32.0 Å². The van der Waals surface area contributed by atoms with Crippen molar-refractivity contribution >= 4 is 29.5 Å². The van der Waals surface area contributed by atoms with Crippen LogP contribution in [0.25, 0.3) is 4.85 Å². The van der Waals surface area contributed by atoms with E-state index < -0.39 is 71.0 Å². The van der Waals surface area contributed by atoms with Gasteiger partial charge in [0.15, 0.2) is 11.6 Å². The fourth-order valence-electron chi connectivity index (χ4n) is 6.18. The number of likely N-dealkylation sites (N-methyl/N-ethyl adjacent to an activating group) is 1. The van der Waals surface area contributed by atoms with Crippen LogP contribution in [0.4, 0.5) is 23.7 Å². The molecule has 4 atom stereocenters. The number of anilines is 1. The van der Waals surface area contributed by atoms with Crippen LogP contribution in [-0.4, -0.2) is 71.1 Å². The molecule has 1 spiro atoms. The van der Waals surface area contributed by atoms with Gasteiger partial charge in [-0.25, -0.2) is 24.5 Å². The van der Waals surface area contributed by atoms with Gasteiger partial charge in [-0.3, -0.25) is 24.1 Å². The number of halogens is 3. The molecule has 1 saturated heterocycles. The molecular weight excluding hydrogens is 615 g/mol. The first kappa shape index (κ1) is 35.3. The second kappa shape index (κ2) is 13.6. The van der Waals surface area contributed by atoms with Gasteiger partial charge in [0.1, 0.15) is 22.9 Å². The van der Waals surface area contributed by atoms with Crippen LogP contribution in [0.5, 0.6) is 0 Å². The quantitative estimate of drug-likeness (QED) is 0.286. The minimum atomic E-state index is -1.38. The maximum atomic E-state index is 14.6. The lowest BCUT2D eigenvalue weighted by molar-refractivity contribution is -0.145. The molecule has 4 rings (SSSR count). The molecule has 0 bridgehead atoms. The number of fused-ring (bicyclic) bond motifs is 2. The number of rotatable bonds is 9. The molecule has 1 fully saturated rings. The predicted octanol–water partition coefficient (Wildman–Crippen LogP) is 5.17. The summed E-state index contributed by atoms with van der Waals surface area (Å²) in [7, 11) is 1.42. The van der Waals surface area contributed by atoms with Crippen molar-refractivity contribution in [2.75, 3.05) is 18.9 Å². The van der Waals surface area contributed by atoms with E-state index in [1.807, 2.05) is 13.8 Å². The average Bonchev–Trinajstić information content (AvgIpc) is 3.50. The van der Waals surface area contributed by atoms with Crippen molar-refractivity contribution in [2.24, 2.45) is 5.92 Å². The molecule has 47 heavy (non-hydrogen) atoms. The summed E-state index contributed by atoms with van der Waals surface area (Å²) in [6, 6.07) is 6.03. The number of hydrogen-bond acceptors (Lipinski definition) is 5. The Morgan fingerprint density at radius 1 is 1.15 bits per heavy atom. The van der Waals surface area contributed by atoms with Gasteiger partial charge in [0.05, 0.1) is 6.42 Å². The van der Waals surface area contributed by atoms with Gasteiger partial charge >= 0.3 is 12.3 Å². The van der Waals surface area contributed by atoms with Gasteiger partial charge in [0, 0.05) is 37.8 Å². The minimum Gasteiger partial charge on any atom is -0.444 e. The number of benzene rings is 2. The molecule has 2 aromatic carbocycles. The molecule has 0 unspecified atom stereocenters. The Morgan fingerprint density at radius 2 is 1.81 bits per heavy atom. The molecule has 2 aromatic rings. The number of alkyl carbamates (subject to hydrolysis) is 1. The number of nitrogens with one attached hydrogen (secondary N) is 2. The molecule has 0 aliphatic carbocycles. The van der Waals surface area contributed by atoms with Crippen LogP contribution in [0.2, 0.25) is 0 Å². The maximum Gasteiger partial charge on any atom is 0.407 e. The number of para-hydroxylation sites is 1. The molecule has 2 N–H and O–H groups in total. The molecule has 252 valence electrons. The largest absolute Gasteiger partial charge is 0.444 e. The summed E-state index contributed by atoms with van der Waals surface area (Å²) >= 11 is 0. The third-order valence-corrected chi connectivity index (χ3v) is 8.43. The smallest absolute Gasteiger partial charge is 0.407 e. The lowest BCUT2D eigenvalue weighted by Gasteiger charge is -2.33. The van der Waals surface area contributed by atoms with Crippen molar-refractivity contribution in [3.8, 4) is 0 Å². The van der Waals surface area contributed by atoms with E-state index in [2.05, 4.69) is 15.5 Å². The Balaban J connectivity index is 1.59. The van der Waals surface area contributed by atoms with Crippen LogP contribution in [0.3, 0.4) is 0 Å². The maximum absolute atomic E-state index is 14.6. The molecular formula is C34H40F3N5O5. The molecule has 2 aliphatic heterocycles. The Hall–Kier alpha value is -4.60. The molecule has 2 heterocycles.